The van der Waals surface area contributed by atoms with Crippen molar-refractivity contribution in [3.8, 4) is 0 Å². The molecule has 0 radical (unpaired) electrons. The number of aromatic nitrogens is 1. The second-order valence-corrected chi connectivity index (χ2v) is 7.83. The number of aliphatic imine (C=N–C) groups is 1. The summed E-state index contributed by atoms with van der Waals surface area (Å²) < 4.78 is 5.15. The lowest BCUT2D eigenvalue weighted by molar-refractivity contribution is 0.169. The Morgan fingerprint density at radius 2 is 2.00 bits per heavy atom. The van der Waals surface area contributed by atoms with Crippen molar-refractivity contribution in [1.29, 1.82) is 0 Å². The molecule has 0 bridgehead atoms. The highest BCUT2D eigenvalue weighted by Crippen LogP contribution is 2.19. The van der Waals surface area contributed by atoms with Crippen LogP contribution in [0, 0.1) is 12.3 Å². The molecule has 0 unspecified atom stereocenters. The van der Waals surface area contributed by atoms with Gasteiger partial charge in [-0.2, -0.15) is 0 Å². The third kappa shape index (κ3) is 6.15. The summed E-state index contributed by atoms with van der Waals surface area (Å²) in [4.78, 5) is 9.21. The molecule has 0 spiro atoms. The van der Waals surface area contributed by atoms with Crippen molar-refractivity contribution in [2.45, 2.75) is 47.1 Å². The van der Waals surface area contributed by atoms with Crippen molar-refractivity contribution in [3.63, 3.8) is 0 Å². The maximum atomic E-state index is 5.15. The van der Waals surface area contributed by atoms with Gasteiger partial charge in [-0.1, -0.05) is 25.9 Å². The van der Waals surface area contributed by atoms with Crippen LogP contribution in [0.3, 0.4) is 0 Å². The van der Waals surface area contributed by atoms with Crippen LogP contribution in [0.2, 0.25) is 0 Å². The molecule has 2 heterocycles. The minimum atomic E-state index is 0.399. The van der Waals surface area contributed by atoms with Gasteiger partial charge in [0.25, 0.3) is 0 Å². The fraction of sp³-hybridized carbons (Fsp3) is 0.778. The number of hydrogen-bond acceptors (Lipinski definition) is 4. The van der Waals surface area contributed by atoms with Gasteiger partial charge in [0.2, 0.25) is 0 Å². The molecule has 0 aromatic carbocycles. The van der Waals surface area contributed by atoms with E-state index in [0.29, 0.717) is 5.41 Å². The average Bonchev–Trinajstić information content (AvgIpc) is 2.92. The monoisotopic (exact) mass is 335 g/mol. The molecule has 1 aromatic rings. The van der Waals surface area contributed by atoms with Crippen LogP contribution in [0.5, 0.6) is 0 Å². The highest BCUT2D eigenvalue weighted by Gasteiger charge is 2.20. The molecule has 1 fully saturated rings. The number of nitrogens with one attached hydrogen (secondary N) is 1. The lowest BCUT2D eigenvalue weighted by atomic mass is 9.91. The summed E-state index contributed by atoms with van der Waals surface area (Å²) in [5.74, 6) is 1.91. The largest absolute Gasteiger partial charge is 0.361 e. The maximum Gasteiger partial charge on any atom is 0.193 e. The van der Waals surface area contributed by atoms with Crippen molar-refractivity contribution in [3.05, 3.63) is 17.5 Å². The zero-order chi connectivity index (χ0) is 17.6. The Bertz CT molecular complexity index is 524. The first-order valence-electron chi connectivity index (χ1n) is 8.97. The van der Waals surface area contributed by atoms with Crippen LogP contribution in [0.4, 0.5) is 0 Å². The molecule has 1 aliphatic heterocycles. The quantitative estimate of drug-likeness (QED) is 0.509. The topological polar surface area (TPSA) is 56.9 Å². The van der Waals surface area contributed by atoms with E-state index < -0.39 is 0 Å². The lowest BCUT2D eigenvalue weighted by Gasteiger charge is -2.36. The number of piperazine rings is 1. The van der Waals surface area contributed by atoms with Gasteiger partial charge in [-0.05, 0) is 25.2 Å². The summed E-state index contributed by atoms with van der Waals surface area (Å²) in [5.41, 5.74) is 1.42. The van der Waals surface area contributed by atoms with Crippen molar-refractivity contribution >= 4 is 5.96 Å². The van der Waals surface area contributed by atoms with Gasteiger partial charge in [0.05, 0.1) is 5.69 Å². The number of nitrogens with zero attached hydrogens (tertiary/aromatic N) is 4. The van der Waals surface area contributed by atoms with Crippen LogP contribution in [0.15, 0.2) is 15.6 Å². The smallest absolute Gasteiger partial charge is 0.193 e. The van der Waals surface area contributed by atoms with Crippen molar-refractivity contribution < 1.29 is 4.52 Å². The van der Waals surface area contributed by atoms with Gasteiger partial charge < -0.3 is 14.7 Å². The second kappa shape index (κ2) is 8.51. The highest BCUT2D eigenvalue weighted by molar-refractivity contribution is 5.79. The molecule has 0 atom stereocenters. The SMILES string of the molecule is CN=C(NCCCC(C)(C)C)N1CCN(Cc2cc(C)on2)CC1. The van der Waals surface area contributed by atoms with Crippen LogP contribution in [0.25, 0.3) is 0 Å². The average molecular weight is 335 g/mol. The zero-order valence-corrected chi connectivity index (χ0v) is 15.9. The normalized spacial score (nSPS) is 17.4. The highest BCUT2D eigenvalue weighted by atomic mass is 16.5. The predicted molar refractivity (Wildman–Crippen MR) is 98.1 cm³/mol. The van der Waals surface area contributed by atoms with E-state index >= 15 is 0 Å². The summed E-state index contributed by atoms with van der Waals surface area (Å²) in [5, 5.41) is 7.59. The van der Waals surface area contributed by atoms with Gasteiger partial charge in [0.1, 0.15) is 5.76 Å². The van der Waals surface area contributed by atoms with Gasteiger partial charge in [0.15, 0.2) is 5.96 Å². The third-order valence-electron chi connectivity index (χ3n) is 4.33. The van der Waals surface area contributed by atoms with Crippen molar-refractivity contribution in [2.24, 2.45) is 10.4 Å². The summed E-state index contributed by atoms with van der Waals surface area (Å²) >= 11 is 0. The van der Waals surface area contributed by atoms with Crippen LogP contribution < -0.4 is 5.32 Å². The summed E-state index contributed by atoms with van der Waals surface area (Å²) in [6.07, 6.45) is 2.40. The van der Waals surface area contributed by atoms with Gasteiger partial charge in [-0.25, -0.2) is 0 Å². The molecule has 1 aliphatic rings. The van der Waals surface area contributed by atoms with E-state index in [1.54, 1.807) is 0 Å². The third-order valence-corrected chi connectivity index (χ3v) is 4.33. The summed E-state index contributed by atoms with van der Waals surface area (Å²) in [6, 6.07) is 2.02. The Morgan fingerprint density at radius 1 is 1.29 bits per heavy atom. The van der Waals surface area contributed by atoms with E-state index in [0.717, 1.165) is 56.7 Å². The zero-order valence-electron chi connectivity index (χ0n) is 15.9. The van der Waals surface area contributed by atoms with Crippen molar-refractivity contribution in [1.82, 2.24) is 20.3 Å². The van der Waals surface area contributed by atoms with Gasteiger partial charge in [-0.15, -0.1) is 0 Å². The fourth-order valence-corrected chi connectivity index (χ4v) is 2.99. The van der Waals surface area contributed by atoms with E-state index in [9.17, 15) is 0 Å². The van der Waals surface area contributed by atoms with Gasteiger partial charge >= 0.3 is 0 Å². The first-order valence-corrected chi connectivity index (χ1v) is 8.97. The molecule has 6 heteroatoms. The molecule has 0 aliphatic carbocycles. The number of hydrogen-bond donors (Lipinski definition) is 1. The van der Waals surface area contributed by atoms with Gasteiger partial charge in [0, 0.05) is 52.4 Å². The van der Waals surface area contributed by atoms with E-state index in [-0.39, 0.29) is 0 Å². The molecular formula is C18H33N5O. The van der Waals surface area contributed by atoms with Crippen LogP contribution in [-0.4, -0.2) is 60.7 Å². The second-order valence-electron chi connectivity index (χ2n) is 7.83. The lowest BCUT2D eigenvalue weighted by Crippen LogP contribution is -2.52. The molecule has 6 nitrogen and oxygen atoms in total. The summed E-state index contributed by atoms with van der Waals surface area (Å²) in [7, 11) is 1.87. The van der Waals surface area contributed by atoms with Crippen molar-refractivity contribution in [2.75, 3.05) is 39.8 Å². The Morgan fingerprint density at radius 3 is 2.54 bits per heavy atom. The molecule has 0 amide bonds. The van der Waals surface area contributed by atoms with E-state index in [4.69, 9.17) is 4.52 Å². The molecule has 1 aromatic heterocycles. The molecule has 1 saturated heterocycles. The summed E-state index contributed by atoms with van der Waals surface area (Å²) in [6.45, 7) is 14.7. The minimum absolute atomic E-state index is 0.399. The van der Waals surface area contributed by atoms with E-state index in [2.05, 4.69) is 46.0 Å². The Hall–Kier alpha value is -1.56. The molecule has 2 rings (SSSR count). The number of rotatable bonds is 5. The van der Waals surface area contributed by atoms with Gasteiger partial charge in [-0.3, -0.25) is 9.89 Å². The van der Waals surface area contributed by atoms with Crippen LogP contribution in [-0.2, 0) is 6.54 Å². The molecule has 24 heavy (non-hydrogen) atoms. The Kier molecular flexibility index (Phi) is 6.66. The Balaban J connectivity index is 1.71. The number of guanidine groups is 1. The van der Waals surface area contributed by atoms with E-state index in [1.807, 2.05) is 20.0 Å². The number of aryl methyl sites for hydroxylation is 1. The standard InChI is InChI=1S/C18H33N5O/c1-15-13-16(21-24-15)14-22-9-11-23(12-10-22)17(19-5)20-8-6-7-18(2,3)4/h13H,6-12,14H2,1-5H3,(H,19,20). The van der Waals surface area contributed by atoms with E-state index in [1.165, 1.54) is 12.8 Å². The molecule has 1 N–H and O–H groups in total. The molecular weight excluding hydrogens is 302 g/mol. The fourth-order valence-electron chi connectivity index (χ4n) is 2.99. The van der Waals surface area contributed by atoms with Crippen LogP contribution >= 0.6 is 0 Å². The minimum Gasteiger partial charge on any atom is -0.361 e. The molecule has 136 valence electrons. The first-order chi connectivity index (χ1) is 11.4. The van der Waals surface area contributed by atoms with Crippen LogP contribution in [0.1, 0.15) is 45.1 Å². The first kappa shape index (κ1) is 18.8. The maximum absolute atomic E-state index is 5.15. The molecule has 0 saturated carbocycles. The predicted octanol–water partition coefficient (Wildman–Crippen LogP) is 2.50. The Labute approximate surface area is 146 Å².